The number of pyridine rings is 1. The summed E-state index contributed by atoms with van der Waals surface area (Å²) in [6.45, 7) is 5.20. The summed E-state index contributed by atoms with van der Waals surface area (Å²) >= 11 is 0. The van der Waals surface area contributed by atoms with Crippen molar-refractivity contribution in [3.8, 4) is 5.88 Å². The van der Waals surface area contributed by atoms with Crippen LogP contribution in [0.25, 0.3) is 0 Å². The predicted molar refractivity (Wildman–Crippen MR) is 74.4 cm³/mol. The molecule has 19 heavy (non-hydrogen) atoms. The average molecular weight is 258 g/mol. The van der Waals surface area contributed by atoms with Gasteiger partial charge >= 0.3 is 0 Å². The molecule has 0 aliphatic heterocycles. The highest BCUT2D eigenvalue weighted by molar-refractivity contribution is 5.38. The second kappa shape index (κ2) is 6.68. The van der Waals surface area contributed by atoms with Crippen molar-refractivity contribution in [2.45, 2.75) is 20.3 Å². The number of nitrogens with one attached hydrogen (secondary N) is 1. The van der Waals surface area contributed by atoms with E-state index in [9.17, 15) is 0 Å². The van der Waals surface area contributed by atoms with Crippen LogP contribution in [0.4, 0.5) is 5.82 Å². The first-order valence-electron chi connectivity index (χ1n) is 6.39. The fourth-order valence-corrected chi connectivity index (χ4v) is 1.73. The molecule has 2 rings (SSSR count). The van der Waals surface area contributed by atoms with Crippen molar-refractivity contribution < 1.29 is 4.74 Å². The molecule has 0 aromatic carbocycles. The summed E-state index contributed by atoms with van der Waals surface area (Å²) in [5, 5.41) is 3.27. The van der Waals surface area contributed by atoms with E-state index in [2.05, 4.69) is 26.3 Å². The van der Waals surface area contributed by atoms with Crippen LogP contribution < -0.4 is 10.1 Å². The van der Waals surface area contributed by atoms with E-state index in [1.54, 1.807) is 6.20 Å². The number of ether oxygens (including phenoxy) is 1. The van der Waals surface area contributed by atoms with Gasteiger partial charge in [0.2, 0.25) is 5.88 Å². The van der Waals surface area contributed by atoms with E-state index < -0.39 is 0 Å². The van der Waals surface area contributed by atoms with Crippen LogP contribution in [0, 0.1) is 6.92 Å². The summed E-state index contributed by atoms with van der Waals surface area (Å²) in [5.74, 6) is 2.11. The number of nitrogens with zero attached hydrogens (tertiary/aromatic N) is 3. The number of hydrogen-bond donors (Lipinski definition) is 1. The van der Waals surface area contributed by atoms with E-state index in [1.165, 1.54) is 5.56 Å². The Kier molecular flexibility index (Phi) is 4.66. The molecule has 0 aliphatic carbocycles. The van der Waals surface area contributed by atoms with Gasteiger partial charge in [-0.3, -0.25) is 4.98 Å². The van der Waals surface area contributed by atoms with Crippen LogP contribution in [0.15, 0.2) is 30.6 Å². The van der Waals surface area contributed by atoms with Crippen LogP contribution in [-0.2, 0) is 6.42 Å². The maximum absolute atomic E-state index is 5.39. The lowest BCUT2D eigenvalue weighted by Gasteiger charge is -2.08. The van der Waals surface area contributed by atoms with Gasteiger partial charge in [-0.15, -0.1) is 0 Å². The SMILES string of the molecule is CCOc1cc(NCCc2cccnc2)nc(C)n1. The van der Waals surface area contributed by atoms with Crippen molar-refractivity contribution in [1.82, 2.24) is 15.0 Å². The van der Waals surface area contributed by atoms with Crippen LogP contribution in [0.5, 0.6) is 5.88 Å². The van der Waals surface area contributed by atoms with Crippen molar-refractivity contribution in [1.29, 1.82) is 0 Å². The molecular weight excluding hydrogens is 240 g/mol. The topological polar surface area (TPSA) is 59.9 Å². The minimum Gasteiger partial charge on any atom is -0.478 e. The van der Waals surface area contributed by atoms with Gasteiger partial charge in [0.25, 0.3) is 0 Å². The molecule has 0 spiro atoms. The highest BCUT2D eigenvalue weighted by Gasteiger charge is 2.02. The van der Waals surface area contributed by atoms with Crippen molar-refractivity contribution in [3.63, 3.8) is 0 Å². The number of rotatable bonds is 6. The van der Waals surface area contributed by atoms with E-state index in [0.717, 1.165) is 18.8 Å². The van der Waals surface area contributed by atoms with E-state index in [1.807, 2.05) is 32.2 Å². The first-order chi connectivity index (χ1) is 9.28. The number of anilines is 1. The van der Waals surface area contributed by atoms with Crippen LogP contribution in [0.2, 0.25) is 0 Å². The fraction of sp³-hybridized carbons (Fsp3) is 0.357. The lowest BCUT2D eigenvalue weighted by Crippen LogP contribution is -2.08. The molecule has 5 heteroatoms. The number of aryl methyl sites for hydroxylation is 1. The minimum absolute atomic E-state index is 0.603. The van der Waals surface area contributed by atoms with Crippen LogP contribution in [-0.4, -0.2) is 28.1 Å². The zero-order valence-electron chi connectivity index (χ0n) is 11.3. The molecule has 0 saturated carbocycles. The minimum atomic E-state index is 0.603. The van der Waals surface area contributed by atoms with Gasteiger partial charge in [-0.25, -0.2) is 4.98 Å². The van der Waals surface area contributed by atoms with Crippen molar-refractivity contribution in [2.24, 2.45) is 0 Å². The highest BCUT2D eigenvalue weighted by Crippen LogP contribution is 2.13. The third-order valence-electron chi connectivity index (χ3n) is 2.55. The van der Waals surface area contributed by atoms with Gasteiger partial charge in [0, 0.05) is 25.0 Å². The largest absolute Gasteiger partial charge is 0.478 e. The standard InChI is InChI=1S/C14H18N4O/c1-3-19-14-9-13(17-11(2)18-14)16-8-6-12-5-4-7-15-10-12/h4-5,7,9-10H,3,6,8H2,1-2H3,(H,16,17,18). The molecule has 100 valence electrons. The monoisotopic (exact) mass is 258 g/mol. The Hall–Kier alpha value is -2.17. The fourth-order valence-electron chi connectivity index (χ4n) is 1.73. The van der Waals surface area contributed by atoms with Gasteiger partial charge < -0.3 is 10.1 Å². The van der Waals surface area contributed by atoms with Gasteiger partial charge in [-0.05, 0) is 31.9 Å². The van der Waals surface area contributed by atoms with Crippen molar-refractivity contribution >= 4 is 5.82 Å². The Bertz CT molecular complexity index is 516. The predicted octanol–water partition coefficient (Wildman–Crippen LogP) is 2.23. The molecule has 0 amide bonds. The molecule has 0 saturated heterocycles. The molecule has 0 unspecified atom stereocenters. The lowest BCUT2D eigenvalue weighted by atomic mass is 10.2. The Morgan fingerprint density at radius 2 is 2.21 bits per heavy atom. The van der Waals surface area contributed by atoms with Crippen molar-refractivity contribution in [2.75, 3.05) is 18.5 Å². The molecule has 0 atom stereocenters. The molecule has 2 aromatic rings. The van der Waals surface area contributed by atoms with Gasteiger partial charge in [0.15, 0.2) is 0 Å². The van der Waals surface area contributed by atoms with Gasteiger partial charge in [-0.1, -0.05) is 6.07 Å². The van der Waals surface area contributed by atoms with Crippen molar-refractivity contribution in [3.05, 3.63) is 42.0 Å². The lowest BCUT2D eigenvalue weighted by molar-refractivity contribution is 0.325. The molecule has 0 radical (unpaired) electrons. The van der Waals surface area contributed by atoms with Crippen LogP contribution in [0.1, 0.15) is 18.3 Å². The molecule has 2 heterocycles. The molecule has 1 N–H and O–H groups in total. The van der Waals surface area contributed by atoms with E-state index >= 15 is 0 Å². The summed E-state index contributed by atoms with van der Waals surface area (Å²) in [7, 11) is 0. The maximum Gasteiger partial charge on any atom is 0.218 e. The summed E-state index contributed by atoms with van der Waals surface area (Å²) in [4.78, 5) is 12.6. The second-order valence-electron chi connectivity index (χ2n) is 4.11. The Labute approximate surface area is 113 Å². The smallest absolute Gasteiger partial charge is 0.218 e. The normalized spacial score (nSPS) is 10.2. The zero-order valence-corrected chi connectivity index (χ0v) is 11.3. The zero-order chi connectivity index (χ0) is 13.5. The van der Waals surface area contributed by atoms with E-state index in [0.29, 0.717) is 18.3 Å². The summed E-state index contributed by atoms with van der Waals surface area (Å²) in [5.41, 5.74) is 1.20. The van der Waals surface area contributed by atoms with Crippen LogP contribution in [0.3, 0.4) is 0 Å². The van der Waals surface area contributed by atoms with E-state index in [-0.39, 0.29) is 0 Å². The molecule has 0 fully saturated rings. The van der Waals surface area contributed by atoms with Gasteiger partial charge in [0.1, 0.15) is 11.6 Å². The Morgan fingerprint density at radius 3 is 2.95 bits per heavy atom. The maximum atomic E-state index is 5.39. The highest BCUT2D eigenvalue weighted by atomic mass is 16.5. The third-order valence-corrected chi connectivity index (χ3v) is 2.55. The summed E-state index contributed by atoms with van der Waals surface area (Å²) in [6, 6.07) is 5.82. The average Bonchev–Trinajstić information content (AvgIpc) is 2.40. The van der Waals surface area contributed by atoms with E-state index in [4.69, 9.17) is 4.74 Å². The molecule has 2 aromatic heterocycles. The molecule has 0 bridgehead atoms. The van der Waals surface area contributed by atoms with Crippen LogP contribution >= 0.6 is 0 Å². The Balaban J connectivity index is 1.92. The second-order valence-corrected chi connectivity index (χ2v) is 4.11. The molecule has 0 aliphatic rings. The third kappa shape index (κ3) is 4.21. The summed E-state index contributed by atoms with van der Waals surface area (Å²) in [6.07, 6.45) is 4.55. The Morgan fingerprint density at radius 1 is 1.32 bits per heavy atom. The first-order valence-corrected chi connectivity index (χ1v) is 6.39. The number of aromatic nitrogens is 3. The first kappa shape index (κ1) is 13.3. The quantitative estimate of drug-likeness (QED) is 0.861. The summed E-state index contributed by atoms with van der Waals surface area (Å²) < 4.78 is 5.39. The molecular formula is C14H18N4O. The van der Waals surface area contributed by atoms with Gasteiger partial charge in [-0.2, -0.15) is 4.98 Å². The van der Waals surface area contributed by atoms with Gasteiger partial charge in [0.05, 0.1) is 6.61 Å². The molecule has 5 nitrogen and oxygen atoms in total. The number of hydrogen-bond acceptors (Lipinski definition) is 5.